The Kier molecular flexibility index (Phi) is 3.68. The van der Waals surface area contributed by atoms with Crippen LogP contribution < -0.4 is 10.5 Å². The first kappa shape index (κ1) is 13.1. The summed E-state index contributed by atoms with van der Waals surface area (Å²) in [6, 6.07) is 5.23. The fourth-order valence-electron chi connectivity index (χ4n) is 1.66. The molecule has 0 bridgehead atoms. The average Bonchev–Trinajstić information content (AvgIpc) is 2.54. The quantitative estimate of drug-likeness (QED) is 0.881. The fourth-order valence-corrected chi connectivity index (χ4v) is 2.11. The Morgan fingerprint density at radius 2 is 2.11 bits per heavy atom. The zero-order chi connectivity index (χ0) is 13.3. The van der Waals surface area contributed by atoms with Gasteiger partial charge in [0.2, 0.25) is 0 Å². The van der Waals surface area contributed by atoms with Crippen LogP contribution in [0.25, 0.3) is 0 Å². The molecule has 1 aromatic carbocycles. The first-order chi connectivity index (χ1) is 8.50. The second-order valence-corrected chi connectivity index (χ2v) is 4.70. The number of para-hydroxylation sites is 1. The number of benzene rings is 1. The topological polar surface area (TPSA) is 53.1 Å². The minimum Gasteiger partial charge on any atom is -0.484 e. The van der Waals surface area contributed by atoms with Crippen molar-refractivity contribution >= 4 is 28.9 Å². The van der Waals surface area contributed by atoms with Gasteiger partial charge in [-0.25, -0.2) is 0 Å². The molecule has 0 aliphatic heterocycles. The van der Waals surface area contributed by atoms with Crippen molar-refractivity contribution in [3.05, 3.63) is 39.6 Å². The van der Waals surface area contributed by atoms with Crippen LogP contribution in [0.4, 0.5) is 5.69 Å². The molecule has 0 aliphatic carbocycles. The van der Waals surface area contributed by atoms with Gasteiger partial charge in [0.05, 0.1) is 27.1 Å². The largest absolute Gasteiger partial charge is 0.484 e. The molecule has 0 spiro atoms. The molecular formula is C12H13Cl2N3O. The van der Waals surface area contributed by atoms with Gasteiger partial charge in [0, 0.05) is 7.05 Å². The Morgan fingerprint density at radius 3 is 2.67 bits per heavy atom. The first-order valence-corrected chi connectivity index (χ1v) is 6.11. The molecule has 1 aromatic heterocycles. The molecule has 2 rings (SSSR count). The number of hydrogen-bond donors (Lipinski definition) is 1. The molecule has 96 valence electrons. The average molecular weight is 286 g/mol. The number of halogens is 2. The zero-order valence-electron chi connectivity index (χ0n) is 10.1. The lowest BCUT2D eigenvalue weighted by Crippen LogP contribution is -2.05. The van der Waals surface area contributed by atoms with Crippen molar-refractivity contribution in [3.63, 3.8) is 0 Å². The number of anilines is 1. The van der Waals surface area contributed by atoms with Crippen molar-refractivity contribution in [2.75, 3.05) is 5.73 Å². The standard InChI is InChI=1S/C12H13Cl2N3O/c1-7-11(14)10(17(2)16-7)6-18-12-8(13)4-3-5-9(12)15/h3-5H,6,15H2,1-2H3. The van der Waals surface area contributed by atoms with Crippen LogP contribution in [0.3, 0.4) is 0 Å². The second-order valence-electron chi connectivity index (χ2n) is 3.92. The van der Waals surface area contributed by atoms with Crippen molar-refractivity contribution in [3.8, 4) is 5.75 Å². The van der Waals surface area contributed by atoms with Gasteiger partial charge in [0.1, 0.15) is 6.61 Å². The van der Waals surface area contributed by atoms with Crippen LogP contribution in [0.5, 0.6) is 5.75 Å². The lowest BCUT2D eigenvalue weighted by molar-refractivity contribution is 0.297. The molecule has 18 heavy (non-hydrogen) atoms. The Morgan fingerprint density at radius 1 is 1.39 bits per heavy atom. The van der Waals surface area contributed by atoms with E-state index in [1.807, 2.05) is 14.0 Å². The number of nitrogen functional groups attached to an aromatic ring is 1. The summed E-state index contributed by atoms with van der Waals surface area (Å²) in [5.74, 6) is 0.467. The summed E-state index contributed by atoms with van der Waals surface area (Å²) < 4.78 is 7.31. The Hall–Kier alpha value is -1.39. The van der Waals surface area contributed by atoms with E-state index < -0.39 is 0 Å². The number of ether oxygens (including phenoxy) is 1. The van der Waals surface area contributed by atoms with Gasteiger partial charge in [-0.2, -0.15) is 5.10 Å². The minimum atomic E-state index is 0.268. The van der Waals surface area contributed by atoms with Crippen LogP contribution in [0.2, 0.25) is 10.0 Å². The Labute approximate surface area is 115 Å². The molecule has 4 nitrogen and oxygen atoms in total. The van der Waals surface area contributed by atoms with Crippen molar-refractivity contribution < 1.29 is 4.74 Å². The van der Waals surface area contributed by atoms with Gasteiger partial charge in [-0.15, -0.1) is 0 Å². The maximum absolute atomic E-state index is 6.13. The van der Waals surface area contributed by atoms with Crippen LogP contribution in [0.15, 0.2) is 18.2 Å². The normalized spacial score (nSPS) is 10.7. The number of aryl methyl sites for hydroxylation is 2. The van der Waals surface area contributed by atoms with Crippen LogP contribution in [0, 0.1) is 6.92 Å². The highest BCUT2D eigenvalue weighted by atomic mass is 35.5. The monoisotopic (exact) mass is 285 g/mol. The molecular weight excluding hydrogens is 273 g/mol. The third kappa shape index (κ3) is 2.40. The van der Waals surface area contributed by atoms with E-state index in [0.29, 0.717) is 21.5 Å². The molecule has 0 amide bonds. The lowest BCUT2D eigenvalue weighted by Gasteiger charge is -2.10. The summed E-state index contributed by atoms with van der Waals surface area (Å²) >= 11 is 12.2. The highest BCUT2D eigenvalue weighted by Crippen LogP contribution is 2.32. The minimum absolute atomic E-state index is 0.268. The molecule has 0 atom stereocenters. The number of aromatic nitrogens is 2. The molecule has 0 unspecified atom stereocenters. The van der Waals surface area contributed by atoms with E-state index in [0.717, 1.165) is 11.4 Å². The maximum Gasteiger partial charge on any atom is 0.161 e. The summed E-state index contributed by atoms with van der Waals surface area (Å²) in [6.45, 7) is 2.11. The first-order valence-electron chi connectivity index (χ1n) is 5.35. The van der Waals surface area contributed by atoms with E-state index in [4.69, 9.17) is 33.7 Å². The highest BCUT2D eigenvalue weighted by Gasteiger charge is 2.13. The van der Waals surface area contributed by atoms with Gasteiger partial charge in [-0.3, -0.25) is 4.68 Å². The third-order valence-corrected chi connectivity index (χ3v) is 3.40. The SMILES string of the molecule is Cc1nn(C)c(COc2c(N)cccc2Cl)c1Cl. The molecule has 0 saturated carbocycles. The summed E-state index contributed by atoms with van der Waals surface area (Å²) in [7, 11) is 1.81. The van der Waals surface area contributed by atoms with Gasteiger partial charge < -0.3 is 10.5 Å². The Balaban J connectivity index is 2.22. The zero-order valence-corrected chi connectivity index (χ0v) is 11.6. The predicted molar refractivity (Wildman–Crippen MR) is 73.2 cm³/mol. The van der Waals surface area contributed by atoms with Crippen LogP contribution >= 0.6 is 23.2 Å². The summed E-state index contributed by atoms with van der Waals surface area (Å²) in [6.07, 6.45) is 0. The third-order valence-electron chi connectivity index (χ3n) is 2.61. The molecule has 6 heteroatoms. The van der Waals surface area contributed by atoms with E-state index in [1.165, 1.54) is 0 Å². The van der Waals surface area contributed by atoms with Gasteiger partial charge >= 0.3 is 0 Å². The fraction of sp³-hybridized carbons (Fsp3) is 0.250. The highest BCUT2D eigenvalue weighted by molar-refractivity contribution is 6.32. The number of hydrogen-bond acceptors (Lipinski definition) is 3. The van der Waals surface area contributed by atoms with Gasteiger partial charge in [-0.05, 0) is 19.1 Å². The molecule has 0 saturated heterocycles. The Bertz CT molecular complexity index is 561. The van der Waals surface area contributed by atoms with E-state index in [2.05, 4.69) is 5.10 Å². The molecule has 0 aliphatic rings. The van der Waals surface area contributed by atoms with Crippen molar-refractivity contribution in [1.82, 2.24) is 9.78 Å². The molecule has 0 radical (unpaired) electrons. The van der Waals surface area contributed by atoms with E-state index in [9.17, 15) is 0 Å². The van der Waals surface area contributed by atoms with Crippen LogP contribution in [0.1, 0.15) is 11.4 Å². The lowest BCUT2D eigenvalue weighted by atomic mass is 10.3. The van der Waals surface area contributed by atoms with Crippen molar-refractivity contribution in [1.29, 1.82) is 0 Å². The number of nitrogens with zero attached hydrogens (tertiary/aromatic N) is 2. The van der Waals surface area contributed by atoms with E-state index in [1.54, 1.807) is 22.9 Å². The second kappa shape index (κ2) is 5.08. The molecule has 2 N–H and O–H groups in total. The number of rotatable bonds is 3. The van der Waals surface area contributed by atoms with Gasteiger partial charge in [-0.1, -0.05) is 29.3 Å². The van der Waals surface area contributed by atoms with Gasteiger partial charge in [0.25, 0.3) is 0 Å². The maximum atomic E-state index is 6.13. The number of nitrogens with two attached hydrogens (primary N) is 1. The van der Waals surface area contributed by atoms with E-state index in [-0.39, 0.29) is 6.61 Å². The van der Waals surface area contributed by atoms with Gasteiger partial charge in [0.15, 0.2) is 5.75 Å². The summed E-state index contributed by atoms with van der Waals surface area (Å²) in [5.41, 5.74) is 7.85. The predicted octanol–water partition coefficient (Wildman–Crippen LogP) is 3.20. The smallest absolute Gasteiger partial charge is 0.161 e. The molecule has 1 heterocycles. The molecule has 2 aromatic rings. The van der Waals surface area contributed by atoms with Crippen LogP contribution in [-0.4, -0.2) is 9.78 Å². The van der Waals surface area contributed by atoms with Crippen molar-refractivity contribution in [2.45, 2.75) is 13.5 Å². The van der Waals surface area contributed by atoms with Crippen molar-refractivity contribution in [2.24, 2.45) is 7.05 Å². The van der Waals surface area contributed by atoms with E-state index >= 15 is 0 Å². The van der Waals surface area contributed by atoms with Crippen LogP contribution in [-0.2, 0) is 13.7 Å². The summed E-state index contributed by atoms with van der Waals surface area (Å²) in [4.78, 5) is 0. The molecule has 0 fully saturated rings. The summed E-state index contributed by atoms with van der Waals surface area (Å²) in [5, 5.41) is 5.29.